The lowest BCUT2D eigenvalue weighted by molar-refractivity contribution is -0.127. The fraction of sp³-hybridized carbons (Fsp3) is 0.947. The summed E-state index contributed by atoms with van der Waals surface area (Å²) < 4.78 is 0. The zero-order chi connectivity index (χ0) is 15.6. The van der Waals surface area contributed by atoms with E-state index >= 15 is 0 Å². The molecule has 22 heavy (non-hydrogen) atoms. The summed E-state index contributed by atoms with van der Waals surface area (Å²) in [4.78, 5) is 14.8. The summed E-state index contributed by atoms with van der Waals surface area (Å²) in [5, 5.41) is 3.49. The Morgan fingerprint density at radius 1 is 1.00 bits per heavy atom. The summed E-state index contributed by atoms with van der Waals surface area (Å²) in [6.45, 7) is 7.80. The Morgan fingerprint density at radius 3 is 2.05 bits per heavy atom. The molecule has 0 spiro atoms. The molecule has 126 valence electrons. The summed E-state index contributed by atoms with van der Waals surface area (Å²) in [7, 11) is 0. The molecule has 4 aliphatic rings. The van der Waals surface area contributed by atoms with Crippen LogP contribution in [0.3, 0.4) is 0 Å². The van der Waals surface area contributed by atoms with Crippen LogP contribution in [0, 0.1) is 17.8 Å². The van der Waals surface area contributed by atoms with Crippen molar-refractivity contribution in [3.8, 4) is 0 Å². The van der Waals surface area contributed by atoms with Gasteiger partial charge in [0.05, 0.1) is 0 Å². The fourth-order valence-electron chi connectivity index (χ4n) is 5.78. The minimum atomic E-state index is 0.199. The number of nitrogens with zero attached hydrogens (tertiary/aromatic N) is 1. The van der Waals surface area contributed by atoms with Crippen molar-refractivity contribution in [3.05, 3.63) is 0 Å². The summed E-state index contributed by atoms with van der Waals surface area (Å²) in [6.07, 6.45) is 11.0. The Balaban J connectivity index is 1.40. The molecule has 4 aliphatic carbocycles. The van der Waals surface area contributed by atoms with Crippen molar-refractivity contribution in [2.45, 2.75) is 77.2 Å². The van der Waals surface area contributed by atoms with E-state index in [1.54, 1.807) is 0 Å². The molecule has 4 bridgehead atoms. The maximum atomic E-state index is 12.4. The number of rotatable bonds is 8. The second-order valence-electron chi connectivity index (χ2n) is 8.23. The predicted molar refractivity (Wildman–Crippen MR) is 90.7 cm³/mol. The molecule has 0 heterocycles. The third-order valence-electron chi connectivity index (χ3n) is 6.47. The number of carbonyl (C=O) groups is 1. The molecule has 1 N–H and O–H groups in total. The lowest BCUT2D eigenvalue weighted by Crippen LogP contribution is -2.59. The second-order valence-corrected chi connectivity index (χ2v) is 8.23. The minimum Gasteiger partial charge on any atom is -0.351 e. The van der Waals surface area contributed by atoms with Gasteiger partial charge in [-0.1, -0.05) is 13.8 Å². The van der Waals surface area contributed by atoms with Crippen LogP contribution in [-0.2, 0) is 4.79 Å². The maximum Gasteiger partial charge on any atom is 0.220 e. The van der Waals surface area contributed by atoms with Gasteiger partial charge in [0.1, 0.15) is 0 Å². The molecule has 0 saturated heterocycles. The first-order valence-corrected chi connectivity index (χ1v) is 9.66. The first kappa shape index (κ1) is 16.3. The molecule has 0 aromatic carbocycles. The first-order valence-electron chi connectivity index (χ1n) is 9.66. The Bertz CT molecular complexity index is 354. The zero-order valence-corrected chi connectivity index (χ0v) is 14.6. The molecular formula is C19H34N2O. The van der Waals surface area contributed by atoms with Crippen molar-refractivity contribution in [3.63, 3.8) is 0 Å². The molecule has 0 radical (unpaired) electrons. The van der Waals surface area contributed by atoms with Gasteiger partial charge in [0.15, 0.2) is 0 Å². The highest BCUT2D eigenvalue weighted by Crippen LogP contribution is 2.55. The van der Waals surface area contributed by atoms with Crippen LogP contribution in [-0.4, -0.2) is 36.0 Å². The SMILES string of the molecule is CCN(CC)CCCCC(=O)NC12CC3CC(CC(C3)C1)C2. The van der Waals surface area contributed by atoms with E-state index in [0.29, 0.717) is 5.91 Å². The van der Waals surface area contributed by atoms with Crippen molar-refractivity contribution >= 4 is 5.91 Å². The van der Waals surface area contributed by atoms with E-state index < -0.39 is 0 Å². The van der Waals surface area contributed by atoms with Gasteiger partial charge < -0.3 is 10.2 Å². The van der Waals surface area contributed by atoms with Crippen molar-refractivity contribution in [1.29, 1.82) is 0 Å². The van der Waals surface area contributed by atoms with Crippen molar-refractivity contribution in [2.24, 2.45) is 17.8 Å². The third-order valence-corrected chi connectivity index (χ3v) is 6.47. The highest BCUT2D eigenvalue weighted by molar-refractivity contribution is 5.76. The van der Waals surface area contributed by atoms with Gasteiger partial charge in [0.25, 0.3) is 0 Å². The van der Waals surface area contributed by atoms with Crippen LogP contribution in [0.1, 0.15) is 71.6 Å². The van der Waals surface area contributed by atoms with Crippen molar-refractivity contribution in [1.82, 2.24) is 10.2 Å². The Kier molecular flexibility index (Phi) is 5.11. The van der Waals surface area contributed by atoms with Crippen molar-refractivity contribution in [2.75, 3.05) is 19.6 Å². The molecule has 0 atom stereocenters. The predicted octanol–water partition coefficient (Wildman–Crippen LogP) is 3.58. The standard InChI is InChI=1S/C19H34N2O/c1-3-21(4-2)8-6-5-7-18(22)20-19-12-15-9-16(13-19)11-17(10-15)14-19/h15-17H,3-14H2,1-2H3,(H,20,22). The van der Waals surface area contributed by atoms with Crippen LogP contribution in [0.2, 0.25) is 0 Å². The van der Waals surface area contributed by atoms with E-state index in [-0.39, 0.29) is 5.54 Å². The monoisotopic (exact) mass is 306 g/mol. The Morgan fingerprint density at radius 2 is 1.55 bits per heavy atom. The average Bonchev–Trinajstić information content (AvgIpc) is 2.45. The molecule has 3 nitrogen and oxygen atoms in total. The van der Waals surface area contributed by atoms with E-state index in [2.05, 4.69) is 24.1 Å². The number of hydrogen-bond donors (Lipinski definition) is 1. The summed E-state index contributed by atoms with van der Waals surface area (Å²) in [5.41, 5.74) is 0.199. The summed E-state index contributed by atoms with van der Waals surface area (Å²) in [6, 6.07) is 0. The Hall–Kier alpha value is -0.570. The topological polar surface area (TPSA) is 32.3 Å². The van der Waals surface area contributed by atoms with Crippen LogP contribution in [0.25, 0.3) is 0 Å². The van der Waals surface area contributed by atoms with Gasteiger partial charge in [-0.15, -0.1) is 0 Å². The van der Waals surface area contributed by atoms with E-state index in [0.717, 1.165) is 56.7 Å². The van der Waals surface area contributed by atoms with Crippen LogP contribution < -0.4 is 5.32 Å². The van der Waals surface area contributed by atoms with Gasteiger partial charge in [-0.2, -0.15) is 0 Å². The molecule has 4 rings (SSSR count). The minimum absolute atomic E-state index is 0.199. The van der Waals surface area contributed by atoms with Crippen LogP contribution in [0.4, 0.5) is 0 Å². The number of hydrogen-bond acceptors (Lipinski definition) is 2. The smallest absolute Gasteiger partial charge is 0.220 e. The molecule has 1 amide bonds. The lowest BCUT2D eigenvalue weighted by atomic mass is 9.53. The molecule has 0 aromatic rings. The number of nitrogens with one attached hydrogen (secondary N) is 1. The molecule has 0 unspecified atom stereocenters. The van der Waals surface area contributed by atoms with Crippen molar-refractivity contribution < 1.29 is 4.79 Å². The second kappa shape index (κ2) is 6.90. The molecular weight excluding hydrogens is 272 g/mol. The molecule has 0 aliphatic heterocycles. The highest BCUT2D eigenvalue weighted by Gasteiger charge is 2.51. The first-order chi connectivity index (χ1) is 10.6. The van der Waals surface area contributed by atoms with Gasteiger partial charge in [-0.05, 0) is 88.8 Å². The van der Waals surface area contributed by atoms with Gasteiger partial charge in [-0.3, -0.25) is 4.79 Å². The third kappa shape index (κ3) is 3.67. The zero-order valence-electron chi connectivity index (χ0n) is 14.6. The van der Waals surface area contributed by atoms with E-state index in [9.17, 15) is 4.79 Å². The van der Waals surface area contributed by atoms with Gasteiger partial charge >= 0.3 is 0 Å². The van der Waals surface area contributed by atoms with E-state index in [4.69, 9.17) is 0 Å². The van der Waals surface area contributed by atoms with Gasteiger partial charge in [0.2, 0.25) is 5.91 Å². The summed E-state index contributed by atoms with van der Waals surface area (Å²) in [5.74, 6) is 3.05. The average molecular weight is 306 g/mol. The normalized spacial score (nSPS) is 36.0. The largest absolute Gasteiger partial charge is 0.351 e. The number of carbonyl (C=O) groups excluding carboxylic acids is 1. The van der Waals surface area contributed by atoms with Crippen LogP contribution >= 0.6 is 0 Å². The lowest BCUT2D eigenvalue weighted by Gasteiger charge is -2.56. The van der Waals surface area contributed by atoms with E-state index in [1.165, 1.54) is 38.5 Å². The van der Waals surface area contributed by atoms with Crippen LogP contribution in [0.15, 0.2) is 0 Å². The van der Waals surface area contributed by atoms with Crippen LogP contribution in [0.5, 0.6) is 0 Å². The number of amides is 1. The number of unbranched alkanes of at least 4 members (excludes halogenated alkanes) is 1. The molecule has 4 fully saturated rings. The highest BCUT2D eigenvalue weighted by atomic mass is 16.1. The van der Waals surface area contributed by atoms with E-state index in [1.807, 2.05) is 0 Å². The Labute approximate surface area is 136 Å². The fourth-order valence-corrected chi connectivity index (χ4v) is 5.78. The maximum absolute atomic E-state index is 12.4. The quantitative estimate of drug-likeness (QED) is 0.695. The summed E-state index contributed by atoms with van der Waals surface area (Å²) >= 11 is 0. The molecule has 4 saturated carbocycles. The molecule has 3 heteroatoms. The molecule has 0 aromatic heterocycles. The van der Waals surface area contributed by atoms with Gasteiger partial charge in [0, 0.05) is 12.0 Å². The van der Waals surface area contributed by atoms with Gasteiger partial charge in [-0.25, -0.2) is 0 Å².